The Hall–Kier alpha value is -2.89. The van der Waals surface area contributed by atoms with Crippen molar-refractivity contribution in [1.82, 2.24) is 15.5 Å². The lowest BCUT2D eigenvalue weighted by Crippen LogP contribution is -2.43. The van der Waals surface area contributed by atoms with Crippen LogP contribution in [0.25, 0.3) is 10.8 Å². The molecule has 1 aliphatic heterocycles. The van der Waals surface area contributed by atoms with E-state index < -0.39 is 17.5 Å². The van der Waals surface area contributed by atoms with E-state index in [1.807, 2.05) is 49.4 Å². The number of rotatable bonds is 6. The zero-order chi connectivity index (χ0) is 18.7. The molecule has 2 N–H and O–H groups in total. The topological polar surface area (TPSA) is 78.5 Å². The summed E-state index contributed by atoms with van der Waals surface area (Å²) in [6.45, 7) is 3.98. The lowest BCUT2D eigenvalue weighted by Gasteiger charge is -2.22. The molecule has 1 atom stereocenters. The Labute approximate surface area is 152 Å². The molecule has 26 heavy (non-hydrogen) atoms. The molecule has 136 valence electrons. The number of hydrogen-bond acceptors (Lipinski definition) is 3. The number of urea groups is 1. The second-order valence-electron chi connectivity index (χ2n) is 6.71. The summed E-state index contributed by atoms with van der Waals surface area (Å²) in [7, 11) is 0. The SMILES string of the molecule is CCCCNC(=O)CN1C(=O)NC(C)(c2ccc3ccccc3c2)C1=O. The zero-order valence-corrected chi connectivity index (χ0v) is 15.0. The Balaban J connectivity index is 1.80. The van der Waals surface area contributed by atoms with Gasteiger partial charge in [0.2, 0.25) is 5.91 Å². The van der Waals surface area contributed by atoms with E-state index in [0.29, 0.717) is 12.1 Å². The number of benzene rings is 2. The third-order valence-corrected chi connectivity index (χ3v) is 4.76. The average molecular weight is 353 g/mol. The smallest absolute Gasteiger partial charge is 0.325 e. The van der Waals surface area contributed by atoms with Crippen LogP contribution in [-0.2, 0) is 15.1 Å². The number of imide groups is 1. The minimum Gasteiger partial charge on any atom is -0.355 e. The predicted octanol–water partition coefficient (Wildman–Crippen LogP) is 2.52. The summed E-state index contributed by atoms with van der Waals surface area (Å²) in [5.41, 5.74) is -0.478. The van der Waals surface area contributed by atoms with Crippen LogP contribution in [0.5, 0.6) is 0 Å². The molecule has 0 spiro atoms. The molecule has 1 unspecified atom stereocenters. The highest BCUT2D eigenvalue weighted by atomic mass is 16.2. The summed E-state index contributed by atoms with van der Waals surface area (Å²) in [6.07, 6.45) is 1.82. The second kappa shape index (κ2) is 7.15. The molecule has 2 aromatic carbocycles. The molecule has 6 nitrogen and oxygen atoms in total. The number of unbranched alkanes of at least 4 members (excludes halogenated alkanes) is 1. The van der Waals surface area contributed by atoms with Gasteiger partial charge in [0.05, 0.1) is 0 Å². The molecule has 0 aromatic heterocycles. The Morgan fingerprint density at radius 1 is 1.15 bits per heavy atom. The van der Waals surface area contributed by atoms with Crippen molar-refractivity contribution < 1.29 is 14.4 Å². The van der Waals surface area contributed by atoms with Crippen LogP contribution in [-0.4, -0.2) is 35.8 Å². The molecule has 4 amide bonds. The van der Waals surface area contributed by atoms with Crippen molar-refractivity contribution in [3.05, 3.63) is 48.0 Å². The summed E-state index contributed by atoms with van der Waals surface area (Å²) in [5.74, 6) is -0.742. The van der Waals surface area contributed by atoms with E-state index in [4.69, 9.17) is 0 Å². The normalized spacial score (nSPS) is 19.7. The minimum atomic E-state index is -1.18. The Kier molecular flexibility index (Phi) is 4.93. The van der Waals surface area contributed by atoms with Gasteiger partial charge in [-0.25, -0.2) is 4.79 Å². The van der Waals surface area contributed by atoms with Gasteiger partial charge in [-0.3, -0.25) is 14.5 Å². The van der Waals surface area contributed by atoms with E-state index in [9.17, 15) is 14.4 Å². The van der Waals surface area contributed by atoms with E-state index in [0.717, 1.165) is 28.5 Å². The van der Waals surface area contributed by atoms with Crippen LogP contribution in [0.3, 0.4) is 0 Å². The molecule has 0 radical (unpaired) electrons. The van der Waals surface area contributed by atoms with Gasteiger partial charge in [-0.05, 0) is 35.7 Å². The van der Waals surface area contributed by atoms with Crippen LogP contribution >= 0.6 is 0 Å². The first kappa shape index (κ1) is 17.9. The van der Waals surface area contributed by atoms with Gasteiger partial charge in [0.15, 0.2) is 0 Å². The highest BCUT2D eigenvalue weighted by Crippen LogP contribution is 2.30. The molecule has 1 saturated heterocycles. The number of carbonyl (C=O) groups excluding carboxylic acids is 3. The number of carbonyl (C=O) groups is 3. The van der Waals surface area contributed by atoms with Crippen molar-refractivity contribution >= 4 is 28.6 Å². The molecule has 1 aliphatic rings. The molecule has 0 saturated carbocycles. The molecule has 2 aromatic rings. The highest BCUT2D eigenvalue weighted by molar-refractivity contribution is 6.09. The molecule has 0 bridgehead atoms. The van der Waals surface area contributed by atoms with Crippen LogP contribution in [0.15, 0.2) is 42.5 Å². The summed E-state index contributed by atoms with van der Waals surface area (Å²) in [6, 6.07) is 12.9. The monoisotopic (exact) mass is 353 g/mol. The third kappa shape index (κ3) is 3.27. The van der Waals surface area contributed by atoms with Crippen molar-refractivity contribution in [2.24, 2.45) is 0 Å². The van der Waals surface area contributed by atoms with E-state index in [2.05, 4.69) is 10.6 Å². The predicted molar refractivity (Wildman–Crippen MR) is 99.5 cm³/mol. The van der Waals surface area contributed by atoms with E-state index >= 15 is 0 Å². The molecule has 3 rings (SSSR count). The van der Waals surface area contributed by atoms with E-state index in [1.165, 1.54) is 0 Å². The number of amides is 4. The van der Waals surface area contributed by atoms with Gasteiger partial charge in [0.1, 0.15) is 12.1 Å². The molecule has 1 heterocycles. The first-order valence-corrected chi connectivity index (χ1v) is 8.86. The Morgan fingerprint density at radius 3 is 2.62 bits per heavy atom. The van der Waals surface area contributed by atoms with Gasteiger partial charge in [-0.2, -0.15) is 0 Å². The second-order valence-corrected chi connectivity index (χ2v) is 6.71. The highest BCUT2D eigenvalue weighted by Gasteiger charge is 2.49. The maximum Gasteiger partial charge on any atom is 0.325 e. The number of hydrogen-bond donors (Lipinski definition) is 2. The van der Waals surface area contributed by atoms with Crippen LogP contribution in [0.1, 0.15) is 32.3 Å². The number of fused-ring (bicyclic) bond motifs is 1. The first-order valence-electron chi connectivity index (χ1n) is 8.86. The summed E-state index contributed by atoms with van der Waals surface area (Å²) in [5, 5.41) is 7.52. The van der Waals surface area contributed by atoms with Crippen LogP contribution < -0.4 is 10.6 Å². The maximum absolute atomic E-state index is 12.9. The standard InChI is InChI=1S/C20H23N3O3/c1-3-4-11-21-17(24)13-23-18(25)20(2,22-19(23)26)16-10-9-14-7-5-6-8-15(14)12-16/h5-10,12H,3-4,11,13H2,1-2H3,(H,21,24)(H,22,26). The van der Waals surface area contributed by atoms with Gasteiger partial charge < -0.3 is 10.6 Å². The van der Waals surface area contributed by atoms with Gasteiger partial charge in [0.25, 0.3) is 5.91 Å². The number of nitrogens with zero attached hydrogens (tertiary/aromatic N) is 1. The van der Waals surface area contributed by atoms with Crippen LogP contribution in [0, 0.1) is 0 Å². The van der Waals surface area contributed by atoms with Crippen molar-refractivity contribution in [1.29, 1.82) is 0 Å². The third-order valence-electron chi connectivity index (χ3n) is 4.76. The molecular formula is C20H23N3O3. The molecular weight excluding hydrogens is 330 g/mol. The fourth-order valence-corrected chi connectivity index (χ4v) is 3.14. The molecule has 6 heteroatoms. The Morgan fingerprint density at radius 2 is 1.88 bits per heavy atom. The lowest BCUT2D eigenvalue weighted by atomic mass is 9.90. The largest absolute Gasteiger partial charge is 0.355 e. The van der Waals surface area contributed by atoms with Crippen molar-refractivity contribution in [2.75, 3.05) is 13.1 Å². The van der Waals surface area contributed by atoms with Crippen molar-refractivity contribution in [2.45, 2.75) is 32.2 Å². The first-order chi connectivity index (χ1) is 12.5. The lowest BCUT2D eigenvalue weighted by molar-refractivity contribution is -0.134. The van der Waals surface area contributed by atoms with Gasteiger partial charge in [-0.15, -0.1) is 0 Å². The average Bonchev–Trinajstić information content (AvgIpc) is 2.85. The van der Waals surface area contributed by atoms with Gasteiger partial charge in [0, 0.05) is 6.54 Å². The van der Waals surface area contributed by atoms with Crippen LogP contribution in [0.2, 0.25) is 0 Å². The van der Waals surface area contributed by atoms with Gasteiger partial charge >= 0.3 is 6.03 Å². The quantitative estimate of drug-likeness (QED) is 0.619. The summed E-state index contributed by atoms with van der Waals surface area (Å²) in [4.78, 5) is 38.2. The van der Waals surface area contributed by atoms with E-state index in [1.54, 1.807) is 6.92 Å². The number of nitrogens with one attached hydrogen (secondary N) is 2. The Bertz CT molecular complexity index is 864. The fourth-order valence-electron chi connectivity index (χ4n) is 3.14. The van der Waals surface area contributed by atoms with Crippen LogP contribution in [0.4, 0.5) is 4.79 Å². The minimum absolute atomic E-state index is 0.266. The fraction of sp³-hybridized carbons (Fsp3) is 0.350. The molecule has 0 aliphatic carbocycles. The molecule has 1 fully saturated rings. The van der Waals surface area contributed by atoms with Crippen molar-refractivity contribution in [3.8, 4) is 0 Å². The van der Waals surface area contributed by atoms with Crippen molar-refractivity contribution in [3.63, 3.8) is 0 Å². The summed E-state index contributed by atoms with van der Waals surface area (Å²) >= 11 is 0. The summed E-state index contributed by atoms with van der Waals surface area (Å²) < 4.78 is 0. The maximum atomic E-state index is 12.9. The van der Waals surface area contributed by atoms with E-state index in [-0.39, 0.29) is 12.5 Å². The van der Waals surface area contributed by atoms with Gasteiger partial charge in [-0.1, -0.05) is 49.7 Å². The zero-order valence-electron chi connectivity index (χ0n) is 15.0.